The van der Waals surface area contributed by atoms with E-state index < -0.39 is 12.1 Å². The summed E-state index contributed by atoms with van der Waals surface area (Å²) in [6, 6.07) is 7.55. The molecule has 0 unspecified atom stereocenters. The van der Waals surface area contributed by atoms with Gasteiger partial charge in [-0.1, -0.05) is 11.8 Å². The topological polar surface area (TPSA) is 101 Å². The average Bonchev–Trinajstić information content (AvgIpc) is 3.29. The normalized spacial score (nSPS) is 19.4. The molecule has 0 amide bonds. The van der Waals surface area contributed by atoms with Crippen molar-refractivity contribution < 1.29 is 19.7 Å². The van der Waals surface area contributed by atoms with Crippen molar-refractivity contribution in [2.45, 2.75) is 43.4 Å². The molecular formula is C27H36N4O4S. The van der Waals surface area contributed by atoms with Crippen LogP contribution in [0.4, 0.5) is 0 Å². The predicted molar refractivity (Wildman–Crippen MR) is 141 cm³/mol. The number of carboxylic acids is 1. The van der Waals surface area contributed by atoms with Crippen molar-refractivity contribution >= 4 is 28.6 Å². The molecule has 1 aromatic carbocycles. The second-order valence-electron chi connectivity index (χ2n) is 9.61. The number of rotatable bonds is 12. The molecule has 0 radical (unpaired) electrons. The Kier molecular flexibility index (Phi) is 9.23. The van der Waals surface area contributed by atoms with E-state index >= 15 is 0 Å². The SMILES string of the molecule is COc1ccc2nccc([C@H](O)CC[C@@H]3CCN(CCCSc4nccn4C)C[C@@H]3CC(=O)O)c2c1. The Bertz CT molecular complexity index is 1150. The van der Waals surface area contributed by atoms with Gasteiger partial charge < -0.3 is 24.4 Å². The molecule has 1 saturated heterocycles. The van der Waals surface area contributed by atoms with Crippen LogP contribution < -0.4 is 4.74 Å². The van der Waals surface area contributed by atoms with E-state index in [1.807, 2.05) is 48.3 Å². The highest BCUT2D eigenvalue weighted by molar-refractivity contribution is 7.99. The fraction of sp³-hybridized carbons (Fsp3) is 0.519. The van der Waals surface area contributed by atoms with E-state index in [1.165, 1.54) is 0 Å². The number of pyridine rings is 1. The van der Waals surface area contributed by atoms with E-state index in [-0.39, 0.29) is 18.3 Å². The third-order valence-corrected chi connectivity index (χ3v) is 8.34. The Balaban J connectivity index is 1.32. The Morgan fingerprint density at radius 1 is 1.25 bits per heavy atom. The zero-order chi connectivity index (χ0) is 25.5. The lowest BCUT2D eigenvalue weighted by Crippen LogP contribution is -2.42. The molecule has 0 saturated carbocycles. The molecule has 1 fully saturated rings. The minimum Gasteiger partial charge on any atom is -0.497 e. The van der Waals surface area contributed by atoms with Crippen LogP contribution in [-0.4, -0.2) is 68.1 Å². The van der Waals surface area contributed by atoms with Crippen LogP contribution in [0, 0.1) is 11.8 Å². The summed E-state index contributed by atoms with van der Waals surface area (Å²) in [7, 11) is 3.63. The lowest BCUT2D eigenvalue weighted by molar-refractivity contribution is -0.139. The van der Waals surface area contributed by atoms with E-state index in [4.69, 9.17) is 4.74 Å². The molecule has 36 heavy (non-hydrogen) atoms. The van der Waals surface area contributed by atoms with Crippen molar-refractivity contribution in [3.63, 3.8) is 0 Å². The van der Waals surface area contributed by atoms with Crippen LogP contribution in [0.2, 0.25) is 0 Å². The lowest BCUT2D eigenvalue weighted by Gasteiger charge is -2.38. The summed E-state index contributed by atoms with van der Waals surface area (Å²) >= 11 is 1.76. The summed E-state index contributed by atoms with van der Waals surface area (Å²) in [4.78, 5) is 22.8. The molecule has 4 rings (SSSR count). The fourth-order valence-electron chi connectivity index (χ4n) is 5.23. The molecule has 1 aliphatic heterocycles. The Morgan fingerprint density at radius 3 is 2.86 bits per heavy atom. The van der Waals surface area contributed by atoms with E-state index in [1.54, 1.807) is 25.1 Å². The number of aliphatic hydroxyl groups excluding tert-OH is 1. The van der Waals surface area contributed by atoms with Gasteiger partial charge in [-0.25, -0.2) is 4.98 Å². The number of carbonyl (C=O) groups is 1. The maximum Gasteiger partial charge on any atom is 0.303 e. The highest BCUT2D eigenvalue weighted by atomic mass is 32.2. The van der Waals surface area contributed by atoms with Crippen molar-refractivity contribution in [2.75, 3.05) is 32.5 Å². The molecule has 3 atom stereocenters. The molecule has 8 nitrogen and oxygen atoms in total. The van der Waals surface area contributed by atoms with Gasteiger partial charge in [0.25, 0.3) is 0 Å². The predicted octanol–water partition coefficient (Wildman–Crippen LogP) is 4.39. The number of carboxylic acid groups (broad SMARTS) is 1. The van der Waals surface area contributed by atoms with Gasteiger partial charge in [0, 0.05) is 49.7 Å². The zero-order valence-electron chi connectivity index (χ0n) is 21.0. The van der Waals surface area contributed by atoms with Gasteiger partial charge in [-0.3, -0.25) is 9.78 Å². The number of ether oxygens (including phenoxy) is 1. The number of likely N-dealkylation sites (tertiary alicyclic amines) is 1. The quantitative estimate of drug-likeness (QED) is 0.272. The van der Waals surface area contributed by atoms with Gasteiger partial charge in [-0.15, -0.1) is 0 Å². The van der Waals surface area contributed by atoms with Gasteiger partial charge in [0.1, 0.15) is 5.75 Å². The number of nitrogens with zero attached hydrogens (tertiary/aromatic N) is 4. The van der Waals surface area contributed by atoms with Crippen LogP contribution in [0.3, 0.4) is 0 Å². The fourth-order valence-corrected chi connectivity index (χ4v) is 6.08. The maximum atomic E-state index is 11.6. The van der Waals surface area contributed by atoms with Crippen molar-refractivity contribution in [1.82, 2.24) is 19.4 Å². The van der Waals surface area contributed by atoms with Crippen LogP contribution in [-0.2, 0) is 11.8 Å². The number of imidazole rings is 1. The standard InChI is InChI=1S/C27H36N4O4S/c1-30-14-11-29-27(30)36-15-3-12-31-13-9-19(20(18-31)16-26(33)34)4-7-25(32)22-8-10-28-24-6-5-21(35-2)17-23(22)24/h5-6,8,10-11,14,17,19-20,25,32H,3-4,7,9,12-13,15-16,18H2,1-2H3,(H,33,34)/t19-,20+,25-/m1/s1. The molecule has 0 aliphatic carbocycles. The summed E-state index contributed by atoms with van der Waals surface area (Å²) < 4.78 is 7.38. The van der Waals surface area contributed by atoms with Gasteiger partial charge in [-0.05, 0) is 80.4 Å². The van der Waals surface area contributed by atoms with Gasteiger partial charge in [0.2, 0.25) is 0 Å². The second kappa shape index (κ2) is 12.6. The summed E-state index contributed by atoms with van der Waals surface area (Å²) in [6.45, 7) is 2.74. The van der Waals surface area contributed by atoms with Crippen molar-refractivity contribution in [2.24, 2.45) is 18.9 Å². The number of aliphatic hydroxyl groups is 1. The smallest absolute Gasteiger partial charge is 0.303 e. The number of methoxy groups -OCH3 is 1. The lowest BCUT2D eigenvalue weighted by atomic mass is 9.79. The number of thioether (sulfide) groups is 1. The molecule has 9 heteroatoms. The molecule has 0 spiro atoms. The first-order valence-electron chi connectivity index (χ1n) is 12.6. The molecule has 3 aromatic rings. The Morgan fingerprint density at radius 2 is 2.11 bits per heavy atom. The van der Waals surface area contributed by atoms with Gasteiger partial charge in [-0.2, -0.15) is 0 Å². The average molecular weight is 513 g/mol. The van der Waals surface area contributed by atoms with Crippen molar-refractivity contribution in [3.05, 3.63) is 48.4 Å². The van der Waals surface area contributed by atoms with Crippen molar-refractivity contribution in [1.29, 1.82) is 0 Å². The minimum atomic E-state index is -0.745. The second-order valence-corrected chi connectivity index (χ2v) is 10.7. The molecule has 194 valence electrons. The first-order chi connectivity index (χ1) is 17.4. The van der Waals surface area contributed by atoms with E-state index in [2.05, 4.69) is 14.9 Å². The first-order valence-corrected chi connectivity index (χ1v) is 13.6. The van der Waals surface area contributed by atoms with Crippen LogP contribution >= 0.6 is 11.8 Å². The van der Waals surface area contributed by atoms with E-state index in [0.717, 1.165) is 72.0 Å². The molecule has 2 aromatic heterocycles. The number of fused-ring (bicyclic) bond motifs is 1. The summed E-state index contributed by atoms with van der Waals surface area (Å²) in [5.41, 5.74) is 1.67. The van der Waals surface area contributed by atoms with Gasteiger partial charge >= 0.3 is 5.97 Å². The molecule has 1 aliphatic rings. The number of piperidine rings is 1. The van der Waals surface area contributed by atoms with Gasteiger partial charge in [0.05, 0.1) is 18.7 Å². The van der Waals surface area contributed by atoms with E-state index in [9.17, 15) is 15.0 Å². The van der Waals surface area contributed by atoms with Crippen molar-refractivity contribution in [3.8, 4) is 5.75 Å². The monoisotopic (exact) mass is 512 g/mol. The third-order valence-electron chi connectivity index (χ3n) is 7.19. The number of aliphatic carboxylic acids is 1. The summed E-state index contributed by atoms with van der Waals surface area (Å²) in [6.07, 6.45) is 8.44. The van der Waals surface area contributed by atoms with Crippen LogP contribution in [0.15, 0.2) is 48.0 Å². The van der Waals surface area contributed by atoms with Crippen LogP contribution in [0.5, 0.6) is 5.75 Å². The largest absolute Gasteiger partial charge is 0.497 e. The number of aryl methyl sites for hydroxylation is 1. The third kappa shape index (κ3) is 6.78. The summed E-state index contributed by atoms with van der Waals surface area (Å²) in [5.74, 6) is 1.36. The molecule has 3 heterocycles. The highest BCUT2D eigenvalue weighted by Gasteiger charge is 2.31. The molecule has 0 bridgehead atoms. The number of hydrogen-bond acceptors (Lipinski definition) is 7. The number of hydrogen-bond donors (Lipinski definition) is 2. The number of benzene rings is 1. The maximum absolute atomic E-state index is 11.6. The Labute approximate surface area is 216 Å². The Hall–Kier alpha value is -2.62. The van der Waals surface area contributed by atoms with E-state index in [0.29, 0.717) is 6.42 Å². The van der Waals surface area contributed by atoms with Crippen LogP contribution in [0.25, 0.3) is 10.9 Å². The zero-order valence-corrected chi connectivity index (χ0v) is 21.9. The first kappa shape index (κ1) is 26.4. The molecular weight excluding hydrogens is 476 g/mol. The summed E-state index contributed by atoms with van der Waals surface area (Å²) in [5, 5.41) is 22.5. The van der Waals surface area contributed by atoms with Crippen LogP contribution in [0.1, 0.15) is 43.8 Å². The minimum absolute atomic E-state index is 0.0971. The van der Waals surface area contributed by atoms with Gasteiger partial charge in [0.15, 0.2) is 5.16 Å². The highest BCUT2D eigenvalue weighted by Crippen LogP contribution is 2.35. The number of aromatic nitrogens is 3. The molecule has 2 N–H and O–H groups in total.